The SMILES string of the molecule is CC(=O)N1CCN(C(=NCc2nnc(C)n2C)NCCN2CCOCC2)CC1.I. The first-order valence-corrected chi connectivity index (χ1v) is 9.98. The zero-order valence-corrected chi connectivity index (χ0v) is 20.0. The van der Waals surface area contributed by atoms with E-state index in [4.69, 9.17) is 9.73 Å². The van der Waals surface area contributed by atoms with Gasteiger partial charge in [0.15, 0.2) is 11.8 Å². The monoisotopic (exact) mass is 520 g/mol. The molecule has 10 nitrogen and oxygen atoms in total. The first kappa shape index (κ1) is 23.8. The van der Waals surface area contributed by atoms with Crippen molar-refractivity contribution in [2.75, 3.05) is 65.6 Å². The molecule has 1 amide bonds. The van der Waals surface area contributed by atoms with Crippen molar-refractivity contribution < 1.29 is 9.53 Å². The van der Waals surface area contributed by atoms with E-state index in [0.29, 0.717) is 6.54 Å². The molecule has 2 saturated heterocycles. The zero-order valence-electron chi connectivity index (χ0n) is 17.6. The number of hydrogen-bond donors (Lipinski definition) is 1. The van der Waals surface area contributed by atoms with Gasteiger partial charge in [-0.1, -0.05) is 0 Å². The number of carbonyl (C=O) groups excluding carboxylic acids is 1. The molecule has 164 valence electrons. The number of rotatable bonds is 5. The third-order valence-corrected chi connectivity index (χ3v) is 5.39. The number of nitrogens with zero attached hydrogens (tertiary/aromatic N) is 7. The number of aromatic nitrogens is 3. The van der Waals surface area contributed by atoms with Gasteiger partial charge in [-0.2, -0.15) is 0 Å². The molecule has 0 bridgehead atoms. The number of nitrogens with one attached hydrogen (secondary N) is 1. The molecule has 0 radical (unpaired) electrons. The van der Waals surface area contributed by atoms with Gasteiger partial charge in [0.25, 0.3) is 0 Å². The smallest absolute Gasteiger partial charge is 0.219 e. The van der Waals surface area contributed by atoms with E-state index in [1.54, 1.807) is 6.92 Å². The quantitative estimate of drug-likeness (QED) is 0.324. The van der Waals surface area contributed by atoms with Crippen LogP contribution >= 0.6 is 24.0 Å². The van der Waals surface area contributed by atoms with Gasteiger partial charge in [0.1, 0.15) is 12.4 Å². The minimum atomic E-state index is 0. The summed E-state index contributed by atoms with van der Waals surface area (Å²) in [6.45, 7) is 12.4. The van der Waals surface area contributed by atoms with Crippen molar-refractivity contribution in [1.29, 1.82) is 0 Å². The van der Waals surface area contributed by atoms with E-state index in [1.807, 2.05) is 23.4 Å². The molecule has 0 atom stereocenters. The summed E-state index contributed by atoms with van der Waals surface area (Å²) in [5.74, 6) is 2.72. The van der Waals surface area contributed by atoms with Crippen LogP contribution < -0.4 is 5.32 Å². The Morgan fingerprint density at radius 1 is 1.10 bits per heavy atom. The average molecular weight is 520 g/mol. The van der Waals surface area contributed by atoms with E-state index >= 15 is 0 Å². The highest BCUT2D eigenvalue weighted by molar-refractivity contribution is 14.0. The minimum absolute atomic E-state index is 0. The second-order valence-corrected chi connectivity index (χ2v) is 7.24. The summed E-state index contributed by atoms with van der Waals surface area (Å²) >= 11 is 0. The molecule has 2 fully saturated rings. The van der Waals surface area contributed by atoms with Crippen LogP contribution in [-0.2, 0) is 23.1 Å². The highest BCUT2D eigenvalue weighted by atomic mass is 127. The van der Waals surface area contributed by atoms with Crippen LogP contribution in [0.5, 0.6) is 0 Å². The average Bonchev–Trinajstić information content (AvgIpc) is 3.03. The molecular formula is C18H33IN8O2. The third-order valence-electron chi connectivity index (χ3n) is 5.39. The molecule has 3 heterocycles. The predicted molar refractivity (Wildman–Crippen MR) is 121 cm³/mol. The summed E-state index contributed by atoms with van der Waals surface area (Å²) in [6, 6.07) is 0. The molecule has 11 heteroatoms. The third kappa shape index (κ3) is 6.78. The van der Waals surface area contributed by atoms with Gasteiger partial charge >= 0.3 is 0 Å². The Morgan fingerprint density at radius 2 is 1.76 bits per heavy atom. The van der Waals surface area contributed by atoms with Gasteiger partial charge in [0, 0.05) is 66.3 Å². The predicted octanol–water partition coefficient (Wildman–Crippen LogP) is -0.317. The standard InChI is InChI=1S/C18H32N8O2.HI/c1-15-21-22-17(23(15)3)14-20-18(19-4-5-24-10-12-28-13-11-24)26-8-6-25(7-9-26)16(2)27;/h4-14H2,1-3H3,(H,19,20);1H. The topological polar surface area (TPSA) is 91.1 Å². The second-order valence-electron chi connectivity index (χ2n) is 7.24. The maximum Gasteiger partial charge on any atom is 0.219 e. The van der Waals surface area contributed by atoms with Gasteiger partial charge in [0.05, 0.1) is 13.2 Å². The molecule has 0 aromatic carbocycles. The Balaban J connectivity index is 0.00000300. The van der Waals surface area contributed by atoms with Gasteiger partial charge in [0.2, 0.25) is 5.91 Å². The van der Waals surface area contributed by atoms with Crippen LogP contribution in [0, 0.1) is 6.92 Å². The van der Waals surface area contributed by atoms with Crippen LogP contribution in [-0.4, -0.2) is 107 Å². The number of morpholine rings is 1. The number of halogens is 1. The lowest BCUT2D eigenvalue weighted by atomic mass is 10.3. The Hall–Kier alpha value is -1.47. The van der Waals surface area contributed by atoms with Crippen molar-refractivity contribution in [2.45, 2.75) is 20.4 Å². The van der Waals surface area contributed by atoms with Gasteiger partial charge < -0.3 is 24.4 Å². The van der Waals surface area contributed by atoms with Gasteiger partial charge in [-0.05, 0) is 6.92 Å². The molecule has 0 aliphatic carbocycles. The summed E-state index contributed by atoms with van der Waals surface area (Å²) in [5, 5.41) is 11.8. The molecule has 29 heavy (non-hydrogen) atoms. The number of hydrogen-bond acceptors (Lipinski definition) is 6. The zero-order chi connectivity index (χ0) is 19.9. The van der Waals surface area contributed by atoms with E-state index in [0.717, 1.165) is 83.2 Å². The highest BCUT2D eigenvalue weighted by Gasteiger charge is 2.21. The number of guanidine groups is 1. The van der Waals surface area contributed by atoms with E-state index in [9.17, 15) is 4.79 Å². The Morgan fingerprint density at radius 3 is 2.34 bits per heavy atom. The first-order valence-electron chi connectivity index (χ1n) is 9.98. The van der Waals surface area contributed by atoms with Crippen LogP contribution in [0.2, 0.25) is 0 Å². The highest BCUT2D eigenvalue weighted by Crippen LogP contribution is 2.05. The number of aliphatic imine (C=N–C) groups is 1. The van der Waals surface area contributed by atoms with E-state index in [1.165, 1.54) is 0 Å². The van der Waals surface area contributed by atoms with Gasteiger partial charge in [-0.15, -0.1) is 34.2 Å². The van der Waals surface area contributed by atoms with Crippen LogP contribution in [0.25, 0.3) is 0 Å². The van der Waals surface area contributed by atoms with Crippen LogP contribution in [0.3, 0.4) is 0 Å². The lowest BCUT2D eigenvalue weighted by molar-refractivity contribution is -0.130. The molecule has 0 unspecified atom stereocenters. The fourth-order valence-corrected chi connectivity index (χ4v) is 3.39. The van der Waals surface area contributed by atoms with Crippen molar-refractivity contribution in [1.82, 2.24) is 34.8 Å². The van der Waals surface area contributed by atoms with Crippen LogP contribution in [0.1, 0.15) is 18.6 Å². The normalized spacial score (nSPS) is 18.5. The number of aryl methyl sites for hydroxylation is 1. The molecule has 2 aliphatic rings. The largest absolute Gasteiger partial charge is 0.379 e. The summed E-state index contributed by atoms with van der Waals surface area (Å²) in [4.78, 5) is 22.9. The molecule has 0 saturated carbocycles. The van der Waals surface area contributed by atoms with Crippen molar-refractivity contribution >= 4 is 35.8 Å². The van der Waals surface area contributed by atoms with Crippen molar-refractivity contribution in [3.05, 3.63) is 11.6 Å². The molecule has 2 aliphatic heterocycles. The number of ether oxygens (including phenoxy) is 1. The summed E-state index contributed by atoms with van der Waals surface area (Å²) < 4.78 is 7.37. The molecular weight excluding hydrogens is 487 g/mol. The van der Waals surface area contributed by atoms with Crippen molar-refractivity contribution in [3.8, 4) is 0 Å². The fourth-order valence-electron chi connectivity index (χ4n) is 3.39. The van der Waals surface area contributed by atoms with Crippen molar-refractivity contribution in [2.24, 2.45) is 12.0 Å². The van der Waals surface area contributed by atoms with Crippen LogP contribution in [0.15, 0.2) is 4.99 Å². The maximum atomic E-state index is 11.6. The Labute approximate surface area is 189 Å². The van der Waals surface area contributed by atoms with Crippen LogP contribution in [0.4, 0.5) is 0 Å². The van der Waals surface area contributed by atoms with Crippen molar-refractivity contribution in [3.63, 3.8) is 0 Å². The number of piperazine rings is 1. The lowest BCUT2D eigenvalue weighted by Crippen LogP contribution is -2.54. The van der Waals surface area contributed by atoms with E-state index in [2.05, 4.69) is 25.3 Å². The molecule has 1 aromatic heterocycles. The van der Waals surface area contributed by atoms with Gasteiger partial charge in [-0.3, -0.25) is 9.69 Å². The second kappa shape index (κ2) is 11.6. The minimum Gasteiger partial charge on any atom is -0.379 e. The Kier molecular flexibility index (Phi) is 9.56. The number of amides is 1. The molecule has 0 spiro atoms. The summed E-state index contributed by atoms with van der Waals surface area (Å²) in [7, 11) is 1.96. The molecule has 1 aromatic rings. The molecule has 1 N–H and O–H groups in total. The number of carbonyl (C=O) groups is 1. The fraction of sp³-hybridized carbons (Fsp3) is 0.778. The van der Waals surface area contributed by atoms with E-state index in [-0.39, 0.29) is 29.9 Å². The summed E-state index contributed by atoms with van der Waals surface area (Å²) in [5.41, 5.74) is 0. The Bertz CT molecular complexity index is 681. The first-order chi connectivity index (χ1) is 13.5. The van der Waals surface area contributed by atoms with E-state index < -0.39 is 0 Å². The molecule has 3 rings (SSSR count). The summed E-state index contributed by atoms with van der Waals surface area (Å²) in [6.07, 6.45) is 0. The maximum absolute atomic E-state index is 11.6. The van der Waals surface area contributed by atoms with Gasteiger partial charge in [-0.25, -0.2) is 4.99 Å². The lowest BCUT2D eigenvalue weighted by Gasteiger charge is -2.36.